The molecule has 1 heterocycles. The van der Waals surface area contributed by atoms with E-state index in [9.17, 15) is 4.79 Å². The van der Waals surface area contributed by atoms with Gasteiger partial charge >= 0.3 is 0 Å². The molecule has 2 rings (SSSR count). The Morgan fingerprint density at radius 2 is 1.65 bits per heavy atom. The van der Waals surface area contributed by atoms with E-state index >= 15 is 0 Å². The van der Waals surface area contributed by atoms with Gasteiger partial charge in [0.25, 0.3) is 0 Å². The van der Waals surface area contributed by atoms with Gasteiger partial charge in [-0.2, -0.15) is 0 Å². The maximum Gasteiger partial charge on any atom is 0.132 e. The lowest BCUT2D eigenvalue weighted by atomic mass is 10.1. The number of hydrogen-bond acceptors (Lipinski definition) is 2. The standard InChI is InChI=1S/C9H8S.C5H10O.C4H10/c1-7-6-10-9-5-3-2-4-8(7)9;1-4(2)5(3)6;1-3-4-2/h2-6H,1H3;4H,1-3H3;3-4H2,1-2H3. The van der Waals surface area contributed by atoms with Crippen molar-refractivity contribution in [1.29, 1.82) is 0 Å². The fourth-order valence-electron chi connectivity index (χ4n) is 1.11. The quantitative estimate of drug-likeness (QED) is 0.639. The molecular weight excluding hydrogens is 264 g/mol. The Balaban J connectivity index is 0.000000312. The zero-order valence-electron chi connectivity index (χ0n) is 13.7. The molecular formula is C18H28OS. The lowest BCUT2D eigenvalue weighted by Gasteiger charge is -1.90. The predicted octanol–water partition coefficient (Wildman–Crippen LogP) is 6.25. The van der Waals surface area contributed by atoms with E-state index in [1.807, 2.05) is 25.2 Å². The third-order valence-corrected chi connectivity index (χ3v) is 4.07. The maximum absolute atomic E-state index is 10.1. The fourth-order valence-corrected chi connectivity index (χ4v) is 2.05. The summed E-state index contributed by atoms with van der Waals surface area (Å²) in [6, 6.07) is 8.49. The van der Waals surface area contributed by atoms with E-state index in [0.717, 1.165) is 0 Å². The van der Waals surface area contributed by atoms with Gasteiger partial charge in [0.05, 0.1) is 0 Å². The van der Waals surface area contributed by atoms with Gasteiger partial charge in [-0.05, 0) is 36.2 Å². The third-order valence-electron chi connectivity index (χ3n) is 2.99. The molecule has 0 aliphatic heterocycles. The van der Waals surface area contributed by atoms with Gasteiger partial charge in [-0.25, -0.2) is 0 Å². The Labute approximate surface area is 128 Å². The van der Waals surface area contributed by atoms with Gasteiger partial charge in [-0.15, -0.1) is 11.3 Å². The van der Waals surface area contributed by atoms with Crippen LogP contribution in [0, 0.1) is 12.8 Å². The summed E-state index contributed by atoms with van der Waals surface area (Å²) in [7, 11) is 0. The smallest absolute Gasteiger partial charge is 0.132 e. The number of hydrogen-bond donors (Lipinski definition) is 0. The SMILES string of the molecule is CC(=O)C(C)C.CCCC.Cc1csc2ccccc12. The molecule has 0 fully saturated rings. The van der Waals surface area contributed by atoms with E-state index in [1.165, 1.54) is 28.5 Å². The Morgan fingerprint density at radius 3 is 2.05 bits per heavy atom. The molecule has 0 atom stereocenters. The van der Waals surface area contributed by atoms with Gasteiger partial charge in [-0.3, -0.25) is 4.79 Å². The number of thiophene rings is 1. The molecule has 0 N–H and O–H groups in total. The van der Waals surface area contributed by atoms with E-state index in [4.69, 9.17) is 0 Å². The maximum atomic E-state index is 10.1. The van der Waals surface area contributed by atoms with E-state index in [2.05, 4.69) is 50.4 Å². The third kappa shape index (κ3) is 7.44. The van der Waals surface area contributed by atoms with Gasteiger partial charge in [-0.1, -0.05) is 58.7 Å². The van der Waals surface area contributed by atoms with Crippen molar-refractivity contribution in [3.63, 3.8) is 0 Å². The summed E-state index contributed by atoms with van der Waals surface area (Å²) < 4.78 is 1.39. The molecule has 2 aromatic rings. The Bertz CT molecular complexity index is 495. The van der Waals surface area contributed by atoms with E-state index in [0.29, 0.717) is 0 Å². The first-order valence-corrected chi connectivity index (χ1v) is 8.25. The van der Waals surface area contributed by atoms with Crippen molar-refractivity contribution in [2.45, 2.75) is 54.4 Å². The summed E-state index contributed by atoms with van der Waals surface area (Å²) >= 11 is 1.81. The zero-order chi connectivity index (χ0) is 15.5. The molecule has 0 amide bonds. The van der Waals surface area contributed by atoms with Crippen molar-refractivity contribution in [3.8, 4) is 0 Å². The summed E-state index contributed by atoms with van der Waals surface area (Å²) in [4.78, 5) is 10.1. The first-order valence-electron chi connectivity index (χ1n) is 7.37. The number of benzene rings is 1. The molecule has 2 heteroatoms. The molecule has 0 spiro atoms. The highest BCUT2D eigenvalue weighted by Gasteiger charge is 1.95. The Morgan fingerprint density at radius 1 is 1.15 bits per heavy atom. The van der Waals surface area contributed by atoms with Crippen LogP contribution in [-0.4, -0.2) is 5.78 Å². The first kappa shape index (κ1) is 18.9. The highest BCUT2D eigenvalue weighted by atomic mass is 32.1. The number of aryl methyl sites for hydroxylation is 1. The van der Waals surface area contributed by atoms with Gasteiger partial charge in [0.1, 0.15) is 5.78 Å². The first-order chi connectivity index (χ1) is 9.43. The van der Waals surface area contributed by atoms with Crippen LogP contribution in [0.4, 0.5) is 0 Å². The summed E-state index contributed by atoms with van der Waals surface area (Å²) in [5.41, 5.74) is 1.39. The number of carbonyl (C=O) groups is 1. The summed E-state index contributed by atoms with van der Waals surface area (Å²) in [6.07, 6.45) is 2.64. The second kappa shape index (κ2) is 10.6. The van der Waals surface area contributed by atoms with Crippen LogP contribution in [0.1, 0.15) is 53.0 Å². The van der Waals surface area contributed by atoms with Gasteiger partial charge in [0.15, 0.2) is 0 Å². The monoisotopic (exact) mass is 292 g/mol. The van der Waals surface area contributed by atoms with Gasteiger partial charge in [0.2, 0.25) is 0 Å². The lowest BCUT2D eigenvalue weighted by molar-refractivity contribution is -0.119. The molecule has 0 saturated heterocycles. The zero-order valence-corrected chi connectivity index (χ0v) is 14.5. The van der Waals surface area contributed by atoms with E-state index in [-0.39, 0.29) is 11.7 Å². The van der Waals surface area contributed by atoms with Crippen molar-refractivity contribution in [1.82, 2.24) is 0 Å². The minimum atomic E-state index is 0.213. The number of fused-ring (bicyclic) bond motifs is 1. The fraction of sp³-hybridized carbons (Fsp3) is 0.500. The molecule has 0 radical (unpaired) electrons. The topological polar surface area (TPSA) is 17.1 Å². The minimum Gasteiger partial charge on any atom is -0.300 e. The van der Waals surface area contributed by atoms with Crippen molar-refractivity contribution in [3.05, 3.63) is 35.2 Å². The normalized spacial score (nSPS) is 9.55. The lowest BCUT2D eigenvalue weighted by Crippen LogP contribution is -1.98. The van der Waals surface area contributed by atoms with Gasteiger partial charge in [0, 0.05) is 10.6 Å². The molecule has 1 nitrogen and oxygen atoms in total. The molecule has 0 saturated carbocycles. The second-order valence-electron chi connectivity index (χ2n) is 5.18. The summed E-state index contributed by atoms with van der Waals surface area (Å²) in [5, 5.41) is 3.59. The second-order valence-corrected chi connectivity index (χ2v) is 6.09. The predicted molar refractivity (Wildman–Crippen MR) is 92.7 cm³/mol. The molecule has 1 aromatic heterocycles. The highest BCUT2D eigenvalue weighted by Crippen LogP contribution is 2.24. The highest BCUT2D eigenvalue weighted by molar-refractivity contribution is 7.17. The van der Waals surface area contributed by atoms with Crippen molar-refractivity contribution >= 4 is 27.2 Å². The number of Topliss-reactive ketones (excluding diaryl/α,β-unsaturated/α-hetero) is 1. The van der Waals surface area contributed by atoms with Crippen LogP contribution in [0.25, 0.3) is 10.1 Å². The molecule has 0 bridgehead atoms. The Hall–Kier alpha value is -1.15. The van der Waals surface area contributed by atoms with E-state index < -0.39 is 0 Å². The number of rotatable bonds is 2. The molecule has 0 aliphatic carbocycles. The van der Waals surface area contributed by atoms with Crippen LogP contribution in [0.15, 0.2) is 29.6 Å². The van der Waals surface area contributed by atoms with Crippen LogP contribution in [-0.2, 0) is 4.79 Å². The molecule has 112 valence electrons. The van der Waals surface area contributed by atoms with Crippen LogP contribution in [0.5, 0.6) is 0 Å². The number of unbranched alkanes of at least 4 members (excludes halogenated alkanes) is 1. The van der Waals surface area contributed by atoms with Crippen LogP contribution in [0.2, 0.25) is 0 Å². The molecule has 1 aromatic carbocycles. The largest absolute Gasteiger partial charge is 0.300 e. The summed E-state index contributed by atoms with van der Waals surface area (Å²) in [6.45, 7) is 11.9. The van der Waals surface area contributed by atoms with Crippen molar-refractivity contribution in [2.75, 3.05) is 0 Å². The molecule has 0 unspecified atom stereocenters. The number of carbonyl (C=O) groups excluding carboxylic acids is 1. The van der Waals surface area contributed by atoms with Crippen molar-refractivity contribution < 1.29 is 4.79 Å². The van der Waals surface area contributed by atoms with Crippen molar-refractivity contribution in [2.24, 2.45) is 5.92 Å². The van der Waals surface area contributed by atoms with Crippen LogP contribution in [0.3, 0.4) is 0 Å². The van der Waals surface area contributed by atoms with Crippen LogP contribution < -0.4 is 0 Å². The summed E-state index contributed by atoms with van der Waals surface area (Å²) in [5.74, 6) is 0.472. The average molecular weight is 292 g/mol. The average Bonchev–Trinajstić information content (AvgIpc) is 2.82. The molecule has 20 heavy (non-hydrogen) atoms. The Kier molecular flexibility index (Phi) is 10.0. The molecule has 0 aliphatic rings. The minimum absolute atomic E-state index is 0.213. The van der Waals surface area contributed by atoms with Gasteiger partial charge < -0.3 is 0 Å². The number of ketones is 1. The van der Waals surface area contributed by atoms with Crippen LogP contribution >= 0.6 is 11.3 Å². The van der Waals surface area contributed by atoms with E-state index in [1.54, 1.807) is 6.92 Å².